The zero-order valence-corrected chi connectivity index (χ0v) is 54.3. The van der Waals surface area contributed by atoms with Crippen LogP contribution in [0.15, 0.2) is 99.4 Å². The number of aliphatic imine (C=N–C) groups is 1. The van der Waals surface area contributed by atoms with Crippen molar-refractivity contribution in [3.8, 4) is 0 Å². The Bertz CT molecular complexity index is 3520. The van der Waals surface area contributed by atoms with Crippen LogP contribution in [-0.4, -0.2) is 166 Å². The molecule has 31 heteroatoms. The van der Waals surface area contributed by atoms with Crippen LogP contribution in [0, 0.1) is 6.92 Å². The van der Waals surface area contributed by atoms with E-state index in [4.69, 9.17) is 5.11 Å². The van der Waals surface area contributed by atoms with E-state index < -0.39 is 184 Å². The molecule has 93 heavy (non-hydrogen) atoms. The number of carbonyl (C=O) groups is 11. The Balaban J connectivity index is 1.83. The highest BCUT2D eigenvalue weighted by atomic mass is 32.2. The Hall–Kier alpha value is -8.94. The van der Waals surface area contributed by atoms with Gasteiger partial charge in [0, 0.05) is 79.5 Å². The summed E-state index contributed by atoms with van der Waals surface area (Å²) >= 11 is 0. The summed E-state index contributed by atoms with van der Waals surface area (Å²) in [5.41, 5.74) is 2.48. The van der Waals surface area contributed by atoms with Crippen LogP contribution < -0.4 is 31.5 Å². The van der Waals surface area contributed by atoms with Crippen molar-refractivity contribution in [1.82, 2.24) is 26.6 Å². The number of carboxylic acid groups (broad SMARTS) is 5. The first-order valence-electron chi connectivity index (χ1n) is 29.7. The lowest BCUT2D eigenvalue weighted by Gasteiger charge is -2.28. The van der Waals surface area contributed by atoms with Gasteiger partial charge in [-0.25, -0.2) is 0 Å². The third-order valence-corrected chi connectivity index (χ3v) is 16.8. The highest BCUT2D eigenvalue weighted by Gasteiger charge is 2.41. The number of nitrogens with one attached hydrogen (secondary N) is 5. The van der Waals surface area contributed by atoms with E-state index in [0.29, 0.717) is 48.5 Å². The molecule has 0 aliphatic carbocycles. The maximum atomic E-state index is 13.9. The number of aryl methyl sites for hydroxylation is 1. The molecule has 0 spiro atoms. The molecule has 2 aromatic carbocycles. The fourth-order valence-corrected chi connectivity index (χ4v) is 11.1. The SMILES string of the molecule is CC\N=C(/C=C/C=C/C=C/C=C1/N(CCCCCC(=O)N[C@H](CCC(=O)O)C(=O)N[C@H](CCC(=O)O)C(=O)N[C@H](CCC(=O)O)C(=O)N[C@H](CCC(=O)O)C(=O)N[C@H](CCC(=O)O)C(C)=O)c2ccc(S(=O)(=O)O)cc2C1(C)C)C(C)(C)c1cc(S(=O)(=O)O)ccc1C. The molecule has 12 N–H and O–H groups in total. The first kappa shape index (κ1) is 78.3. The molecule has 29 nitrogen and oxygen atoms in total. The zero-order chi connectivity index (χ0) is 70.2. The molecule has 0 saturated carbocycles. The van der Waals surface area contributed by atoms with Gasteiger partial charge in [0.25, 0.3) is 20.2 Å². The minimum atomic E-state index is -4.60. The zero-order valence-electron chi connectivity index (χ0n) is 52.7. The number of Topliss-reactive ketones (excluding diaryl/α,β-unsaturated/α-hetero) is 1. The molecule has 1 aliphatic heterocycles. The van der Waals surface area contributed by atoms with Crippen molar-refractivity contribution in [3.63, 3.8) is 0 Å². The molecule has 0 aromatic heterocycles. The van der Waals surface area contributed by atoms with E-state index in [1.54, 1.807) is 48.6 Å². The van der Waals surface area contributed by atoms with Gasteiger partial charge in [-0.15, -0.1) is 0 Å². The molecule has 0 saturated heterocycles. The number of amides is 5. The summed E-state index contributed by atoms with van der Waals surface area (Å²) in [5, 5.41) is 58.4. The van der Waals surface area contributed by atoms with Crippen molar-refractivity contribution in [3.05, 3.63) is 101 Å². The third-order valence-electron chi connectivity index (χ3n) is 15.1. The number of rotatable bonds is 40. The van der Waals surface area contributed by atoms with Crippen molar-refractivity contribution in [1.29, 1.82) is 0 Å². The van der Waals surface area contributed by atoms with Gasteiger partial charge in [0.05, 0.1) is 15.8 Å². The number of hydrogen-bond acceptors (Lipinski definition) is 17. The van der Waals surface area contributed by atoms with Gasteiger partial charge in [0.2, 0.25) is 29.5 Å². The number of nitrogens with zero attached hydrogens (tertiary/aromatic N) is 2. The molecule has 5 amide bonds. The first-order valence-corrected chi connectivity index (χ1v) is 32.5. The Labute approximate surface area is 538 Å². The van der Waals surface area contributed by atoms with Gasteiger partial charge in [-0.3, -0.25) is 66.8 Å². The number of aliphatic carboxylic acids is 5. The fourth-order valence-electron chi connectivity index (χ4n) is 10.1. The highest BCUT2D eigenvalue weighted by Crippen LogP contribution is 2.48. The van der Waals surface area contributed by atoms with Crippen LogP contribution in [-0.2, 0) is 83.8 Å². The van der Waals surface area contributed by atoms with Gasteiger partial charge in [-0.2, -0.15) is 16.8 Å². The quantitative estimate of drug-likeness (QED) is 0.0189. The van der Waals surface area contributed by atoms with Gasteiger partial charge >= 0.3 is 29.8 Å². The molecule has 510 valence electrons. The standard InChI is InChI=1S/C62H83N7O22S2/c1-8-63-49(61(4,5)41-35-39(92(86,87)88)21-20-37(41)2)17-13-10-9-11-14-18-50-62(6,7)42-36-40(93(89,90)91)22-28-48(42)69(50)34-16-12-15-19-51(71)64-44(24-30-53(74)75)57(82)66-46(26-32-55(78)79)59(84)68-47(27-33-56(80)81)60(85)67-45(25-31-54(76)77)58(83)65-43(38(3)70)23-29-52(72)73/h9-11,13-14,17-18,20-22,28,35-36,43-47H,8,12,15-16,19,23-27,29-34H2,1-7H3,(H,64,71)(H,65,83)(H,66,82)(H,67,85)(H,68,84)(H,72,73)(H,74,75)(H,76,77)(H,78,79)(H,80,81)(H,86,87,88)(H,89,90,91)/b10-9+,14-11+,17-13+,50-18+,63-49+/t43-,44-,45-,46-,47-/m1/s1. The van der Waals surface area contributed by atoms with Crippen molar-refractivity contribution in [2.75, 3.05) is 18.0 Å². The van der Waals surface area contributed by atoms with E-state index in [2.05, 4.69) is 31.6 Å². The molecular formula is C62H83N7O22S2. The Morgan fingerprint density at radius 1 is 0.559 bits per heavy atom. The lowest BCUT2D eigenvalue weighted by atomic mass is 9.77. The van der Waals surface area contributed by atoms with E-state index in [1.165, 1.54) is 24.3 Å². The van der Waals surface area contributed by atoms with E-state index in [9.17, 15) is 99.1 Å². The van der Waals surface area contributed by atoms with Crippen LogP contribution in [0.2, 0.25) is 0 Å². The van der Waals surface area contributed by atoms with Gasteiger partial charge in [-0.05, 0) is 125 Å². The summed E-state index contributed by atoms with van der Waals surface area (Å²) in [6, 6.07) is 0.110. The molecule has 1 heterocycles. The van der Waals surface area contributed by atoms with Gasteiger partial charge in [0.1, 0.15) is 24.2 Å². The summed E-state index contributed by atoms with van der Waals surface area (Å²) in [5.74, 6) is -13.3. The molecule has 0 unspecified atom stereocenters. The Kier molecular flexibility index (Phi) is 30.1. The van der Waals surface area contributed by atoms with Crippen LogP contribution in [0.25, 0.3) is 0 Å². The number of carboxylic acids is 5. The van der Waals surface area contributed by atoms with Gasteiger partial charge in [-0.1, -0.05) is 70.6 Å². The van der Waals surface area contributed by atoms with Crippen LogP contribution in [0.5, 0.6) is 0 Å². The monoisotopic (exact) mass is 1340 g/mol. The summed E-state index contributed by atoms with van der Waals surface area (Å²) in [6.07, 6.45) is 6.83. The average Bonchev–Trinajstić information content (AvgIpc) is 1.61. The number of ketones is 1. The Morgan fingerprint density at radius 3 is 1.41 bits per heavy atom. The third kappa shape index (κ3) is 25.2. The number of carbonyl (C=O) groups excluding carboxylic acids is 6. The lowest BCUT2D eigenvalue weighted by molar-refractivity contribution is -0.140. The number of unbranched alkanes of at least 4 members (excludes halogenated alkanes) is 2. The second-order valence-electron chi connectivity index (χ2n) is 23.0. The molecule has 5 atom stereocenters. The number of benzene rings is 2. The van der Waals surface area contributed by atoms with Crippen LogP contribution in [0.3, 0.4) is 0 Å². The fraction of sp³-hybridized carbons (Fsp3) is 0.484. The molecule has 2 aromatic rings. The van der Waals surface area contributed by atoms with Crippen LogP contribution >= 0.6 is 0 Å². The molecular weight excluding hydrogens is 1260 g/mol. The lowest BCUT2D eigenvalue weighted by Crippen LogP contribution is -2.59. The summed E-state index contributed by atoms with van der Waals surface area (Å²) in [6.45, 7) is 13.0. The minimum Gasteiger partial charge on any atom is -0.481 e. The Morgan fingerprint density at radius 2 is 0.968 bits per heavy atom. The second kappa shape index (κ2) is 35.8. The van der Waals surface area contributed by atoms with E-state index in [1.807, 2.05) is 52.5 Å². The number of hydrogen-bond donors (Lipinski definition) is 12. The van der Waals surface area contributed by atoms with E-state index in [0.717, 1.165) is 18.2 Å². The number of allylic oxidation sites excluding steroid dienone is 8. The second-order valence-corrected chi connectivity index (χ2v) is 25.8. The van der Waals surface area contributed by atoms with Crippen molar-refractivity contribution < 1.29 is 104 Å². The maximum Gasteiger partial charge on any atom is 0.303 e. The number of anilines is 1. The topological polar surface area (TPSA) is 473 Å². The summed E-state index contributed by atoms with van der Waals surface area (Å²) < 4.78 is 68.2. The number of fused-ring (bicyclic) bond motifs is 1. The largest absolute Gasteiger partial charge is 0.481 e. The predicted octanol–water partition coefficient (Wildman–Crippen LogP) is 4.47. The van der Waals surface area contributed by atoms with Crippen LogP contribution in [0.4, 0.5) is 5.69 Å². The molecule has 0 bridgehead atoms. The minimum absolute atomic E-state index is 0.209. The summed E-state index contributed by atoms with van der Waals surface area (Å²) in [4.78, 5) is 145. The van der Waals surface area contributed by atoms with E-state index in [-0.39, 0.29) is 29.1 Å². The smallest absolute Gasteiger partial charge is 0.303 e. The molecule has 3 rings (SSSR count). The van der Waals surface area contributed by atoms with E-state index >= 15 is 0 Å². The molecule has 1 aliphatic rings. The highest BCUT2D eigenvalue weighted by molar-refractivity contribution is 7.86. The van der Waals surface area contributed by atoms with Gasteiger partial charge in [0.15, 0.2) is 5.78 Å². The van der Waals surface area contributed by atoms with Crippen molar-refractivity contribution in [2.45, 2.75) is 189 Å². The normalized spacial score (nSPS) is 15.4. The van der Waals surface area contributed by atoms with Crippen molar-refractivity contribution >= 4 is 96.8 Å². The average molecular weight is 1340 g/mol. The van der Waals surface area contributed by atoms with Gasteiger partial charge < -0.3 is 57.0 Å². The maximum absolute atomic E-state index is 13.9. The predicted molar refractivity (Wildman–Crippen MR) is 337 cm³/mol. The molecule has 0 radical (unpaired) electrons. The summed E-state index contributed by atoms with van der Waals surface area (Å²) in [7, 11) is -9.06. The molecule has 0 fully saturated rings. The van der Waals surface area contributed by atoms with Crippen molar-refractivity contribution in [2.24, 2.45) is 4.99 Å². The first-order chi connectivity index (χ1) is 43.3. The van der Waals surface area contributed by atoms with Crippen LogP contribution in [0.1, 0.15) is 148 Å².